The van der Waals surface area contributed by atoms with Crippen LogP contribution in [0.25, 0.3) is 0 Å². The van der Waals surface area contributed by atoms with E-state index in [0.717, 1.165) is 6.29 Å². The predicted molar refractivity (Wildman–Crippen MR) is 48.9 cm³/mol. The smallest absolute Gasteiger partial charge is 0.166 e. The highest BCUT2D eigenvalue weighted by Gasteiger charge is 1.81. The molecule has 1 heterocycles. The minimum atomic E-state index is 0.625. The topological polar surface area (TPSA) is 32.9 Å². The number of aldehydes is 1. The minimum absolute atomic E-state index is 0.625. The van der Waals surface area contributed by atoms with Crippen LogP contribution in [0.15, 0.2) is 18.3 Å². The molecule has 1 aromatic heterocycles. The zero-order valence-electron chi connectivity index (χ0n) is 7.72. The zero-order valence-corrected chi connectivity index (χ0v) is 7.72. The molecule has 0 aliphatic rings. The van der Waals surface area contributed by atoms with Crippen LogP contribution in [0.3, 0.4) is 0 Å². The monoisotopic (exact) mass is 155 g/mol. The summed E-state index contributed by atoms with van der Waals surface area (Å²) in [6.07, 6.45) is 2.49. The van der Waals surface area contributed by atoms with E-state index in [9.17, 15) is 4.79 Å². The number of hydrogen-bond acceptors (Lipinski definition) is 1. The fraction of sp³-hybridized carbons (Fsp3) is 0.444. The summed E-state index contributed by atoms with van der Waals surface area (Å²) in [7, 11) is 0. The van der Waals surface area contributed by atoms with Crippen molar-refractivity contribution in [3.05, 3.63) is 24.0 Å². The lowest BCUT2D eigenvalue weighted by Crippen LogP contribution is -1.72. The molecule has 1 rings (SSSR count). The van der Waals surface area contributed by atoms with E-state index in [1.54, 1.807) is 18.3 Å². The number of H-pyrrole nitrogens is 1. The highest BCUT2D eigenvalue weighted by molar-refractivity contribution is 5.71. The van der Waals surface area contributed by atoms with Gasteiger partial charge in [0.25, 0.3) is 0 Å². The van der Waals surface area contributed by atoms with E-state index in [2.05, 4.69) is 4.98 Å². The molecule has 0 unspecified atom stereocenters. The van der Waals surface area contributed by atoms with Crippen LogP contribution in [0.1, 0.15) is 38.2 Å². The SMILES string of the molecule is CC.CC.O=Cc1ccc[nH]1. The number of carbonyl (C=O) groups is 1. The normalized spacial score (nSPS) is 6.55. The zero-order chi connectivity index (χ0) is 9.11. The van der Waals surface area contributed by atoms with Gasteiger partial charge >= 0.3 is 0 Å². The molecule has 1 N–H and O–H groups in total. The Morgan fingerprint density at radius 3 is 2.00 bits per heavy atom. The van der Waals surface area contributed by atoms with Gasteiger partial charge in [-0.05, 0) is 12.1 Å². The second-order valence-corrected chi connectivity index (χ2v) is 1.24. The first kappa shape index (κ1) is 12.6. The van der Waals surface area contributed by atoms with Crippen LogP contribution in [-0.4, -0.2) is 11.3 Å². The van der Waals surface area contributed by atoms with Gasteiger partial charge in [-0.3, -0.25) is 4.79 Å². The second kappa shape index (κ2) is 11.7. The van der Waals surface area contributed by atoms with E-state index in [-0.39, 0.29) is 0 Å². The third kappa shape index (κ3) is 6.84. The summed E-state index contributed by atoms with van der Waals surface area (Å²) in [5.41, 5.74) is 0.625. The summed E-state index contributed by atoms with van der Waals surface area (Å²) in [5, 5.41) is 0. The Bertz CT molecular complexity index is 145. The summed E-state index contributed by atoms with van der Waals surface area (Å²) in [5.74, 6) is 0. The molecule has 0 amide bonds. The Hall–Kier alpha value is -1.05. The van der Waals surface area contributed by atoms with Crippen molar-refractivity contribution in [1.29, 1.82) is 0 Å². The van der Waals surface area contributed by atoms with Gasteiger partial charge in [0, 0.05) is 6.20 Å². The third-order valence-corrected chi connectivity index (χ3v) is 0.749. The molecular weight excluding hydrogens is 138 g/mol. The fourth-order valence-corrected chi connectivity index (χ4v) is 0.418. The lowest BCUT2D eigenvalue weighted by atomic mass is 10.5. The molecule has 0 saturated heterocycles. The number of hydrogen-bond donors (Lipinski definition) is 1. The molecule has 2 heteroatoms. The van der Waals surface area contributed by atoms with Crippen molar-refractivity contribution in [3.63, 3.8) is 0 Å². The maximum Gasteiger partial charge on any atom is 0.166 e. The van der Waals surface area contributed by atoms with Crippen LogP contribution in [-0.2, 0) is 0 Å². The van der Waals surface area contributed by atoms with Crippen LogP contribution in [0.2, 0.25) is 0 Å². The molecular formula is C9H17NO. The van der Waals surface area contributed by atoms with Gasteiger partial charge in [0.05, 0.1) is 5.69 Å². The maximum atomic E-state index is 9.84. The average Bonchev–Trinajstić information content (AvgIpc) is 2.63. The van der Waals surface area contributed by atoms with Gasteiger partial charge in [-0.15, -0.1) is 0 Å². The van der Waals surface area contributed by atoms with Crippen molar-refractivity contribution in [3.8, 4) is 0 Å². The van der Waals surface area contributed by atoms with E-state index in [0.29, 0.717) is 5.69 Å². The van der Waals surface area contributed by atoms with Gasteiger partial charge < -0.3 is 4.98 Å². The molecule has 1 aromatic rings. The molecule has 11 heavy (non-hydrogen) atoms. The molecule has 64 valence electrons. The number of nitrogens with one attached hydrogen (secondary N) is 1. The molecule has 0 aliphatic heterocycles. The molecule has 0 aromatic carbocycles. The van der Waals surface area contributed by atoms with E-state index in [4.69, 9.17) is 0 Å². The summed E-state index contributed by atoms with van der Waals surface area (Å²) in [4.78, 5) is 12.6. The molecule has 0 bridgehead atoms. The number of carbonyl (C=O) groups excluding carboxylic acids is 1. The highest BCUT2D eigenvalue weighted by atomic mass is 16.1. The van der Waals surface area contributed by atoms with E-state index < -0.39 is 0 Å². The molecule has 0 spiro atoms. The average molecular weight is 155 g/mol. The number of aromatic nitrogens is 1. The number of rotatable bonds is 1. The van der Waals surface area contributed by atoms with Gasteiger partial charge in [0.15, 0.2) is 6.29 Å². The standard InChI is InChI=1S/C5H5NO.2C2H6/c7-4-5-2-1-3-6-5;2*1-2/h1-4,6H;2*1-2H3. The fourth-order valence-electron chi connectivity index (χ4n) is 0.418. The van der Waals surface area contributed by atoms with Crippen molar-refractivity contribution in [2.24, 2.45) is 0 Å². The summed E-state index contributed by atoms with van der Waals surface area (Å²) >= 11 is 0. The van der Waals surface area contributed by atoms with Crippen LogP contribution in [0.4, 0.5) is 0 Å². The van der Waals surface area contributed by atoms with Crippen LogP contribution in [0.5, 0.6) is 0 Å². The van der Waals surface area contributed by atoms with Crippen molar-refractivity contribution in [2.45, 2.75) is 27.7 Å². The van der Waals surface area contributed by atoms with Crippen molar-refractivity contribution in [2.75, 3.05) is 0 Å². The van der Waals surface area contributed by atoms with E-state index in [1.165, 1.54) is 0 Å². The van der Waals surface area contributed by atoms with Crippen molar-refractivity contribution < 1.29 is 4.79 Å². The van der Waals surface area contributed by atoms with Crippen LogP contribution in [0, 0.1) is 0 Å². The van der Waals surface area contributed by atoms with Gasteiger partial charge in [-0.2, -0.15) is 0 Å². The lowest BCUT2D eigenvalue weighted by Gasteiger charge is -1.70. The summed E-state index contributed by atoms with van der Waals surface area (Å²) in [6.45, 7) is 8.00. The quantitative estimate of drug-likeness (QED) is 0.621. The highest BCUT2D eigenvalue weighted by Crippen LogP contribution is 1.85. The predicted octanol–water partition coefficient (Wildman–Crippen LogP) is 2.88. The minimum Gasteiger partial charge on any atom is -0.359 e. The molecule has 0 saturated carbocycles. The van der Waals surface area contributed by atoms with Gasteiger partial charge in [0.1, 0.15) is 0 Å². The maximum absolute atomic E-state index is 9.84. The molecule has 0 fully saturated rings. The Morgan fingerprint density at radius 2 is 1.82 bits per heavy atom. The molecule has 0 radical (unpaired) electrons. The second-order valence-electron chi connectivity index (χ2n) is 1.24. The Balaban J connectivity index is 0. The van der Waals surface area contributed by atoms with Gasteiger partial charge in [-0.1, -0.05) is 27.7 Å². The van der Waals surface area contributed by atoms with Crippen molar-refractivity contribution in [1.82, 2.24) is 4.98 Å². The third-order valence-electron chi connectivity index (χ3n) is 0.749. The first-order chi connectivity index (χ1) is 5.43. The van der Waals surface area contributed by atoms with Crippen LogP contribution < -0.4 is 0 Å². The summed E-state index contributed by atoms with van der Waals surface area (Å²) in [6, 6.07) is 3.50. The van der Waals surface area contributed by atoms with Gasteiger partial charge in [-0.25, -0.2) is 0 Å². The number of aromatic amines is 1. The van der Waals surface area contributed by atoms with E-state index in [1.807, 2.05) is 27.7 Å². The summed E-state index contributed by atoms with van der Waals surface area (Å²) < 4.78 is 0. The van der Waals surface area contributed by atoms with Gasteiger partial charge in [0.2, 0.25) is 0 Å². The molecule has 2 nitrogen and oxygen atoms in total. The Kier molecular flexibility index (Phi) is 13.4. The molecule has 0 aliphatic carbocycles. The largest absolute Gasteiger partial charge is 0.359 e. The lowest BCUT2D eigenvalue weighted by molar-refractivity contribution is 0.111. The molecule has 0 atom stereocenters. The first-order valence-corrected chi connectivity index (χ1v) is 4.02. The van der Waals surface area contributed by atoms with Crippen molar-refractivity contribution >= 4 is 6.29 Å². The first-order valence-electron chi connectivity index (χ1n) is 4.02. The Morgan fingerprint density at radius 1 is 1.27 bits per heavy atom. The van der Waals surface area contributed by atoms with Crippen LogP contribution >= 0.6 is 0 Å². The Labute approximate surface area is 68.6 Å². The van der Waals surface area contributed by atoms with E-state index >= 15 is 0 Å².